The van der Waals surface area contributed by atoms with Crippen LogP contribution in [-0.4, -0.2) is 42.4 Å². The van der Waals surface area contributed by atoms with Crippen LogP contribution >= 0.6 is 0 Å². The SMILES string of the molecule is Cc1cc(C2CCC2)c(CN2CCC3(CC2)CN(c2ccccc2)C(=O)O3)cc1C(F)(F)F.O=C=O. The van der Waals surface area contributed by atoms with Crippen LogP contribution in [-0.2, 0) is 27.0 Å². The number of hydrogen-bond donors (Lipinski definition) is 0. The number of aryl methyl sites for hydroxylation is 1. The molecule has 36 heavy (non-hydrogen) atoms. The third-order valence-electron chi connectivity index (χ3n) is 7.54. The molecule has 6 nitrogen and oxygen atoms in total. The Hall–Kier alpha value is -3.16. The van der Waals surface area contributed by atoms with Gasteiger partial charge in [-0.2, -0.15) is 22.8 Å². The van der Waals surface area contributed by atoms with E-state index in [1.165, 1.54) is 6.07 Å². The third-order valence-corrected chi connectivity index (χ3v) is 7.54. The molecule has 2 heterocycles. The fourth-order valence-corrected chi connectivity index (χ4v) is 5.37. The number of para-hydroxylation sites is 1. The molecule has 2 aromatic carbocycles. The second-order valence-corrected chi connectivity index (χ2v) is 9.82. The number of anilines is 1. The third kappa shape index (κ3) is 5.47. The minimum atomic E-state index is -4.35. The van der Waals surface area contributed by atoms with Gasteiger partial charge in [-0.25, -0.2) is 4.79 Å². The number of carbonyl (C=O) groups is 1. The topological polar surface area (TPSA) is 66.9 Å². The summed E-state index contributed by atoms with van der Waals surface area (Å²) in [6.07, 6.45) is 0.174. The van der Waals surface area contributed by atoms with Crippen LogP contribution in [0.4, 0.5) is 23.7 Å². The average Bonchev–Trinajstić information content (AvgIpc) is 3.12. The summed E-state index contributed by atoms with van der Waals surface area (Å²) in [5, 5.41) is 0. The molecule has 1 amide bonds. The van der Waals surface area contributed by atoms with Gasteiger partial charge < -0.3 is 4.74 Å². The smallest absolute Gasteiger partial charge is 0.416 e. The zero-order chi connectivity index (χ0) is 25.9. The molecule has 2 aromatic rings. The van der Waals surface area contributed by atoms with Gasteiger partial charge in [-0.15, -0.1) is 0 Å². The minimum absolute atomic E-state index is 0.250. The van der Waals surface area contributed by atoms with Crippen molar-refractivity contribution in [2.24, 2.45) is 0 Å². The van der Waals surface area contributed by atoms with E-state index in [9.17, 15) is 18.0 Å². The van der Waals surface area contributed by atoms with Gasteiger partial charge in [0.2, 0.25) is 0 Å². The second-order valence-electron chi connectivity index (χ2n) is 9.82. The van der Waals surface area contributed by atoms with Crippen LogP contribution in [0.2, 0.25) is 0 Å². The van der Waals surface area contributed by atoms with E-state index in [-0.39, 0.29) is 12.2 Å². The molecule has 1 aliphatic carbocycles. The number of halogens is 3. The Balaban J connectivity index is 0.000000967. The first kappa shape index (κ1) is 25.9. The molecule has 2 aliphatic heterocycles. The Labute approximate surface area is 208 Å². The minimum Gasteiger partial charge on any atom is -0.441 e. The molecular weight excluding hydrogens is 473 g/mol. The van der Waals surface area contributed by atoms with E-state index in [1.54, 1.807) is 17.9 Å². The zero-order valence-electron chi connectivity index (χ0n) is 20.1. The highest BCUT2D eigenvalue weighted by molar-refractivity contribution is 5.90. The van der Waals surface area contributed by atoms with Crippen LogP contribution in [0.1, 0.15) is 60.3 Å². The predicted octanol–water partition coefficient (Wildman–Crippen LogP) is 5.69. The zero-order valence-corrected chi connectivity index (χ0v) is 20.1. The van der Waals surface area contributed by atoms with Crippen LogP contribution in [0, 0.1) is 6.92 Å². The lowest BCUT2D eigenvalue weighted by atomic mass is 9.77. The fourth-order valence-electron chi connectivity index (χ4n) is 5.37. The van der Waals surface area contributed by atoms with E-state index in [0.29, 0.717) is 50.5 Å². The first-order valence-corrected chi connectivity index (χ1v) is 12.1. The molecule has 9 heteroatoms. The number of hydrogen-bond acceptors (Lipinski definition) is 5. The number of rotatable bonds is 4. The molecule has 3 aliphatic rings. The van der Waals surface area contributed by atoms with Crippen molar-refractivity contribution in [2.45, 2.75) is 63.3 Å². The van der Waals surface area contributed by atoms with Crippen molar-refractivity contribution < 1.29 is 32.3 Å². The lowest BCUT2D eigenvalue weighted by Crippen LogP contribution is -2.46. The molecule has 0 bridgehead atoms. The van der Waals surface area contributed by atoms with Gasteiger partial charge in [-0.05, 0) is 60.6 Å². The lowest BCUT2D eigenvalue weighted by Gasteiger charge is -2.38. The van der Waals surface area contributed by atoms with Crippen LogP contribution in [0.5, 0.6) is 0 Å². The first-order valence-electron chi connectivity index (χ1n) is 12.1. The van der Waals surface area contributed by atoms with Crippen LogP contribution in [0.3, 0.4) is 0 Å². The van der Waals surface area contributed by atoms with Crippen molar-refractivity contribution in [1.29, 1.82) is 0 Å². The summed E-state index contributed by atoms with van der Waals surface area (Å²) in [4.78, 5) is 32.7. The Morgan fingerprint density at radius 3 is 2.28 bits per heavy atom. The van der Waals surface area contributed by atoms with Gasteiger partial charge in [-0.1, -0.05) is 30.7 Å². The van der Waals surface area contributed by atoms with Crippen LogP contribution < -0.4 is 4.90 Å². The monoisotopic (exact) mass is 502 g/mol. The molecule has 192 valence electrons. The van der Waals surface area contributed by atoms with Crippen LogP contribution in [0.15, 0.2) is 42.5 Å². The van der Waals surface area contributed by atoms with E-state index in [0.717, 1.165) is 36.1 Å². The number of carbonyl (C=O) groups excluding carboxylic acids is 3. The van der Waals surface area contributed by atoms with Gasteiger partial charge in [0.05, 0.1) is 12.1 Å². The summed E-state index contributed by atoms with van der Waals surface area (Å²) >= 11 is 0. The molecule has 2 saturated heterocycles. The Morgan fingerprint density at radius 2 is 1.72 bits per heavy atom. The van der Waals surface area contributed by atoms with E-state index in [1.807, 2.05) is 30.3 Å². The highest BCUT2D eigenvalue weighted by atomic mass is 19.4. The molecule has 1 spiro atoms. The van der Waals surface area contributed by atoms with Crippen LogP contribution in [0.25, 0.3) is 0 Å². The predicted molar refractivity (Wildman–Crippen MR) is 125 cm³/mol. The van der Waals surface area contributed by atoms with Crippen molar-refractivity contribution in [1.82, 2.24) is 4.90 Å². The molecule has 0 radical (unpaired) electrons. The highest BCUT2D eigenvalue weighted by Crippen LogP contribution is 2.42. The molecule has 5 rings (SSSR count). The first-order chi connectivity index (χ1) is 17.2. The number of piperidine rings is 1. The molecule has 0 N–H and O–H groups in total. The Kier molecular flexibility index (Phi) is 7.52. The number of nitrogens with zero attached hydrogens (tertiary/aromatic N) is 2. The maximum Gasteiger partial charge on any atom is 0.416 e. The summed E-state index contributed by atoms with van der Waals surface area (Å²) in [5.74, 6) is 0.368. The maximum atomic E-state index is 13.6. The lowest BCUT2D eigenvalue weighted by molar-refractivity contribution is -0.191. The fraction of sp³-hybridized carbons (Fsp3) is 0.481. The van der Waals surface area contributed by atoms with Gasteiger partial charge in [0.25, 0.3) is 0 Å². The standard InChI is InChI=1S/C26H29F3N2O2.CO2/c1-18-14-22(19-6-5-7-19)20(15-23(18)26(27,28)29)16-30-12-10-25(11-13-30)17-31(24(32)33-25)21-8-3-2-4-9-21;2-1-3/h2-4,8-9,14-15,19H,5-7,10-13,16-17H2,1H3;. The summed E-state index contributed by atoms with van der Waals surface area (Å²) in [5.41, 5.74) is 1.95. The van der Waals surface area contributed by atoms with E-state index < -0.39 is 17.3 Å². The van der Waals surface area contributed by atoms with E-state index >= 15 is 0 Å². The molecule has 0 atom stereocenters. The number of benzene rings is 2. The van der Waals surface area contributed by atoms with Crippen molar-refractivity contribution in [2.75, 3.05) is 24.5 Å². The second kappa shape index (κ2) is 10.4. The van der Waals surface area contributed by atoms with Gasteiger partial charge in [-0.3, -0.25) is 9.80 Å². The molecule has 0 unspecified atom stereocenters. The van der Waals surface area contributed by atoms with Crippen molar-refractivity contribution >= 4 is 17.9 Å². The van der Waals surface area contributed by atoms with Crippen molar-refractivity contribution in [3.05, 3.63) is 64.7 Å². The van der Waals surface area contributed by atoms with Gasteiger partial charge >= 0.3 is 18.4 Å². The largest absolute Gasteiger partial charge is 0.441 e. The van der Waals surface area contributed by atoms with Gasteiger partial charge in [0.1, 0.15) is 5.60 Å². The number of ether oxygens (including phenoxy) is 1. The van der Waals surface area contributed by atoms with E-state index in [4.69, 9.17) is 14.3 Å². The molecule has 0 aromatic heterocycles. The Morgan fingerprint density at radius 1 is 1.08 bits per heavy atom. The summed E-state index contributed by atoms with van der Waals surface area (Å²) < 4.78 is 46.6. The average molecular weight is 503 g/mol. The maximum absolute atomic E-state index is 13.6. The molecular formula is C27H29F3N2O4. The normalized spacial score (nSPS) is 19.8. The highest BCUT2D eigenvalue weighted by Gasteiger charge is 2.47. The van der Waals surface area contributed by atoms with Crippen molar-refractivity contribution in [3.63, 3.8) is 0 Å². The number of likely N-dealkylation sites (tertiary alicyclic amines) is 1. The Bertz CT molecular complexity index is 1120. The number of alkyl halides is 3. The molecule has 1 saturated carbocycles. The number of amides is 1. The van der Waals surface area contributed by atoms with Gasteiger partial charge in [0.15, 0.2) is 0 Å². The van der Waals surface area contributed by atoms with Gasteiger partial charge in [0, 0.05) is 38.2 Å². The molecule has 3 fully saturated rings. The quantitative estimate of drug-likeness (QED) is 0.538. The summed E-state index contributed by atoms with van der Waals surface area (Å²) in [6, 6.07) is 12.6. The van der Waals surface area contributed by atoms with Crippen molar-refractivity contribution in [3.8, 4) is 0 Å². The summed E-state index contributed by atoms with van der Waals surface area (Å²) in [7, 11) is 0. The van der Waals surface area contributed by atoms with E-state index in [2.05, 4.69) is 4.90 Å². The summed E-state index contributed by atoms with van der Waals surface area (Å²) in [6.45, 7) is 3.96.